The van der Waals surface area contributed by atoms with Crippen molar-refractivity contribution in [2.75, 3.05) is 19.0 Å². The zero-order valence-corrected chi connectivity index (χ0v) is 9.49. The topological polar surface area (TPSA) is 47.0 Å². The van der Waals surface area contributed by atoms with E-state index in [9.17, 15) is 0 Å². The van der Waals surface area contributed by atoms with Crippen molar-refractivity contribution in [3.8, 4) is 5.88 Å². The van der Waals surface area contributed by atoms with Gasteiger partial charge in [-0.05, 0) is 6.42 Å². The fraction of sp³-hybridized carbons (Fsp3) is 0.636. The van der Waals surface area contributed by atoms with Gasteiger partial charge in [0.05, 0.1) is 7.11 Å². The maximum Gasteiger partial charge on any atom is 0.225 e. The van der Waals surface area contributed by atoms with Gasteiger partial charge >= 0.3 is 0 Å². The van der Waals surface area contributed by atoms with E-state index < -0.39 is 0 Å². The summed E-state index contributed by atoms with van der Waals surface area (Å²) in [6, 6.07) is 1.74. The summed E-state index contributed by atoms with van der Waals surface area (Å²) in [7, 11) is 1.60. The maximum absolute atomic E-state index is 5.01. The standard InChI is InChI=1S/C11H19N3O/c1-3-4-5-6-8-12-11-13-9-7-10(14-11)15-2/h7,9H,3-6,8H2,1-2H3,(H,12,13,14). The number of methoxy groups -OCH3 is 1. The summed E-state index contributed by atoms with van der Waals surface area (Å²) in [5.41, 5.74) is 0. The Morgan fingerprint density at radius 3 is 2.93 bits per heavy atom. The zero-order chi connectivity index (χ0) is 10.9. The van der Waals surface area contributed by atoms with E-state index in [-0.39, 0.29) is 0 Å². The summed E-state index contributed by atoms with van der Waals surface area (Å²) in [4.78, 5) is 8.27. The van der Waals surface area contributed by atoms with E-state index in [1.165, 1.54) is 19.3 Å². The molecule has 1 rings (SSSR count). The van der Waals surface area contributed by atoms with Crippen molar-refractivity contribution in [2.45, 2.75) is 32.6 Å². The molecule has 84 valence electrons. The Morgan fingerprint density at radius 2 is 2.20 bits per heavy atom. The molecule has 0 saturated carbocycles. The number of nitrogens with zero attached hydrogens (tertiary/aromatic N) is 2. The number of ether oxygens (including phenoxy) is 1. The average molecular weight is 209 g/mol. The van der Waals surface area contributed by atoms with Crippen molar-refractivity contribution < 1.29 is 4.74 Å². The molecule has 0 bridgehead atoms. The highest BCUT2D eigenvalue weighted by Crippen LogP contribution is 2.07. The van der Waals surface area contributed by atoms with Crippen LogP contribution in [0.2, 0.25) is 0 Å². The molecule has 0 unspecified atom stereocenters. The molecule has 0 fully saturated rings. The monoisotopic (exact) mass is 209 g/mol. The summed E-state index contributed by atoms with van der Waals surface area (Å²) in [5.74, 6) is 1.24. The molecule has 0 aliphatic rings. The maximum atomic E-state index is 5.01. The molecule has 0 radical (unpaired) electrons. The van der Waals surface area contributed by atoms with Gasteiger partial charge in [-0.15, -0.1) is 0 Å². The molecule has 1 aromatic heterocycles. The second-order valence-electron chi connectivity index (χ2n) is 3.41. The Labute approximate surface area is 91.1 Å². The van der Waals surface area contributed by atoms with Gasteiger partial charge < -0.3 is 10.1 Å². The molecular formula is C11H19N3O. The molecule has 15 heavy (non-hydrogen) atoms. The second kappa shape index (κ2) is 7.04. The molecule has 4 heteroatoms. The fourth-order valence-electron chi connectivity index (χ4n) is 1.29. The lowest BCUT2D eigenvalue weighted by Crippen LogP contribution is -2.05. The molecule has 0 aromatic carbocycles. The number of anilines is 1. The van der Waals surface area contributed by atoms with Gasteiger partial charge in [0, 0.05) is 18.8 Å². The van der Waals surface area contributed by atoms with E-state index in [4.69, 9.17) is 4.74 Å². The van der Waals surface area contributed by atoms with Crippen molar-refractivity contribution in [3.63, 3.8) is 0 Å². The first kappa shape index (κ1) is 11.8. The molecule has 1 N–H and O–H groups in total. The normalized spacial score (nSPS) is 10.0. The molecule has 0 aliphatic heterocycles. The van der Waals surface area contributed by atoms with E-state index in [0.29, 0.717) is 11.8 Å². The Hall–Kier alpha value is -1.32. The van der Waals surface area contributed by atoms with Gasteiger partial charge in [-0.1, -0.05) is 26.2 Å². The lowest BCUT2D eigenvalue weighted by molar-refractivity contribution is 0.397. The Balaban J connectivity index is 2.24. The minimum absolute atomic E-state index is 0.598. The van der Waals surface area contributed by atoms with Crippen LogP contribution in [-0.4, -0.2) is 23.6 Å². The van der Waals surface area contributed by atoms with Crippen molar-refractivity contribution in [1.29, 1.82) is 0 Å². The van der Waals surface area contributed by atoms with Gasteiger partial charge in [-0.25, -0.2) is 4.98 Å². The lowest BCUT2D eigenvalue weighted by Gasteiger charge is -2.05. The van der Waals surface area contributed by atoms with Gasteiger partial charge in [0.15, 0.2) is 0 Å². The largest absolute Gasteiger partial charge is 0.481 e. The fourth-order valence-corrected chi connectivity index (χ4v) is 1.29. The highest BCUT2D eigenvalue weighted by atomic mass is 16.5. The van der Waals surface area contributed by atoms with Crippen LogP contribution in [0.15, 0.2) is 12.3 Å². The Morgan fingerprint density at radius 1 is 1.33 bits per heavy atom. The third-order valence-electron chi connectivity index (χ3n) is 2.15. The van der Waals surface area contributed by atoms with E-state index in [2.05, 4.69) is 22.2 Å². The first-order valence-corrected chi connectivity index (χ1v) is 5.47. The second-order valence-corrected chi connectivity index (χ2v) is 3.41. The summed E-state index contributed by atoms with van der Waals surface area (Å²) < 4.78 is 5.01. The van der Waals surface area contributed by atoms with Crippen LogP contribution in [0.3, 0.4) is 0 Å². The van der Waals surface area contributed by atoms with Gasteiger partial charge in [0.1, 0.15) is 0 Å². The van der Waals surface area contributed by atoms with Crippen LogP contribution < -0.4 is 10.1 Å². The van der Waals surface area contributed by atoms with Crippen LogP contribution >= 0.6 is 0 Å². The summed E-state index contributed by atoms with van der Waals surface area (Å²) in [6.07, 6.45) is 6.67. The summed E-state index contributed by atoms with van der Waals surface area (Å²) in [6.45, 7) is 3.13. The Bertz CT molecular complexity index is 278. The van der Waals surface area contributed by atoms with E-state index in [1.54, 1.807) is 19.4 Å². The third kappa shape index (κ3) is 4.63. The van der Waals surface area contributed by atoms with E-state index >= 15 is 0 Å². The van der Waals surface area contributed by atoms with Crippen LogP contribution in [0.1, 0.15) is 32.6 Å². The number of rotatable bonds is 7. The van der Waals surface area contributed by atoms with Crippen LogP contribution in [0, 0.1) is 0 Å². The van der Waals surface area contributed by atoms with Crippen LogP contribution in [0.25, 0.3) is 0 Å². The minimum atomic E-state index is 0.598. The predicted octanol–water partition coefficient (Wildman–Crippen LogP) is 2.48. The first-order chi connectivity index (χ1) is 7.36. The lowest BCUT2D eigenvalue weighted by atomic mass is 10.2. The van der Waals surface area contributed by atoms with Gasteiger partial charge in [0.2, 0.25) is 11.8 Å². The summed E-state index contributed by atoms with van der Waals surface area (Å²) >= 11 is 0. The van der Waals surface area contributed by atoms with E-state index in [0.717, 1.165) is 13.0 Å². The van der Waals surface area contributed by atoms with Crippen LogP contribution in [0.4, 0.5) is 5.95 Å². The number of hydrogen-bond acceptors (Lipinski definition) is 4. The zero-order valence-electron chi connectivity index (χ0n) is 9.49. The molecule has 1 heterocycles. The minimum Gasteiger partial charge on any atom is -0.481 e. The molecule has 0 atom stereocenters. The van der Waals surface area contributed by atoms with Gasteiger partial charge in [-0.2, -0.15) is 4.98 Å². The van der Waals surface area contributed by atoms with Crippen molar-refractivity contribution >= 4 is 5.95 Å². The highest BCUT2D eigenvalue weighted by molar-refractivity contribution is 5.26. The average Bonchev–Trinajstić information content (AvgIpc) is 2.29. The molecule has 0 spiro atoms. The molecule has 1 aromatic rings. The van der Waals surface area contributed by atoms with Crippen molar-refractivity contribution in [3.05, 3.63) is 12.3 Å². The van der Waals surface area contributed by atoms with Gasteiger partial charge in [-0.3, -0.25) is 0 Å². The molecule has 0 aliphatic carbocycles. The van der Waals surface area contributed by atoms with Crippen molar-refractivity contribution in [2.24, 2.45) is 0 Å². The molecule has 0 amide bonds. The molecule has 0 saturated heterocycles. The molecular weight excluding hydrogens is 190 g/mol. The molecule has 4 nitrogen and oxygen atoms in total. The summed E-state index contributed by atoms with van der Waals surface area (Å²) in [5, 5.41) is 3.18. The quantitative estimate of drug-likeness (QED) is 0.701. The number of aromatic nitrogens is 2. The van der Waals surface area contributed by atoms with Crippen LogP contribution in [-0.2, 0) is 0 Å². The van der Waals surface area contributed by atoms with Crippen LogP contribution in [0.5, 0.6) is 5.88 Å². The third-order valence-corrected chi connectivity index (χ3v) is 2.15. The van der Waals surface area contributed by atoms with Gasteiger partial charge in [0.25, 0.3) is 0 Å². The smallest absolute Gasteiger partial charge is 0.225 e. The number of hydrogen-bond donors (Lipinski definition) is 1. The van der Waals surface area contributed by atoms with Crippen molar-refractivity contribution in [1.82, 2.24) is 9.97 Å². The SMILES string of the molecule is CCCCCCNc1nccc(OC)n1. The number of unbranched alkanes of at least 4 members (excludes halogenated alkanes) is 3. The number of nitrogens with one attached hydrogen (secondary N) is 1. The highest BCUT2D eigenvalue weighted by Gasteiger charge is 1.97. The predicted molar refractivity (Wildman–Crippen MR) is 61.2 cm³/mol. The Kier molecular flexibility index (Phi) is 5.51. The first-order valence-electron chi connectivity index (χ1n) is 5.47. The van der Waals surface area contributed by atoms with E-state index in [1.807, 2.05) is 0 Å².